The van der Waals surface area contributed by atoms with Gasteiger partial charge < -0.3 is 10.1 Å². The quantitative estimate of drug-likeness (QED) is 0.476. The minimum atomic E-state index is -3.96. The smallest absolute Gasteiger partial charge is 0.262 e. The van der Waals surface area contributed by atoms with Gasteiger partial charge in [0.2, 0.25) is 5.88 Å². The minimum Gasteiger partial charge on any atom is -0.438 e. The molecule has 0 saturated heterocycles. The van der Waals surface area contributed by atoms with Crippen LogP contribution in [0.5, 0.6) is 11.6 Å². The second kappa shape index (κ2) is 7.37. The van der Waals surface area contributed by atoms with Crippen molar-refractivity contribution in [2.75, 3.05) is 10.0 Å². The van der Waals surface area contributed by atoms with E-state index in [4.69, 9.17) is 10.00 Å². The Balaban J connectivity index is 1.43. The number of hydrogen-bond donors (Lipinski definition) is 2. The number of rotatable bonds is 5. The van der Waals surface area contributed by atoms with Gasteiger partial charge in [-0.1, -0.05) is 24.3 Å². The SMILES string of the molecule is N#Cc1ccccc1Oc1ccc(NS(=O)(=O)c2ccc3c4c(cccc24)C(=O)N3)cn1. The molecule has 32 heavy (non-hydrogen) atoms. The monoisotopic (exact) mass is 442 g/mol. The Kier molecular flexibility index (Phi) is 4.50. The molecule has 0 aliphatic carbocycles. The van der Waals surface area contributed by atoms with Crippen LogP contribution in [0.1, 0.15) is 15.9 Å². The Morgan fingerprint density at radius 2 is 1.84 bits per heavy atom. The summed E-state index contributed by atoms with van der Waals surface area (Å²) < 4.78 is 34.3. The number of sulfonamides is 1. The number of ether oxygens (including phenoxy) is 1. The third kappa shape index (κ3) is 3.29. The van der Waals surface area contributed by atoms with Crippen molar-refractivity contribution in [2.45, 2.75) is 4.90 Å². The molecule has 0 bridgehead atoms. The molecule has 0 radical (unpaired) electrons. The van der Waals surface area contributed by atoms with Crippen LogP contribution in [0.4, 0.5) is 11.4 Å². The zero-order valence-corrected chi connectivity index (χ0v) is 17.2. The molecule has 0 saturated carbocycles. The first-order valence-electron chi connectivity index (χ1n) is 9.49. The number of para-hydroxylation sites is 1. The van der Waals surface area contributed by atoms with Crippen LogP contribution in [0.3, 0.4) is 0 Å². The van der Waals surface area contributed by atoms with Crippen molar-refractivity contribution in [3.05, 3.63) is 84.1 Å². The molecule has 8 nitrogen and oxygen atoms in total. The van der Waals surface area contributed by atoms with Gasteiger partial charge in [0.05, 0.1) is 22.3 Å². The number of carbonyl (C=O) groups is 1. The van der Waals surface area contributed by atoms with E-state index in [2.05, 4.69) is 15.0 Å². The van der Waals surface area contributed by atoms with Crippen molar-refractivity contribution in [1.82, 2.24) is 4.98 Å². The topological polar surface area (TPSA) is 121 Å². The van der Waals surface area contributed by atoms with Gasteiger partial charge in [-0.15, -0.1) is 0 Å². The zero-order chi connectivity index (χ0) is 22.3. The molecule has 0 atom stereocenters. The normalized spacial score (nSPS) is 12.3. The summed E-state index contributed by atoms with van der Waals surface area (Å²) in [6.45, 7) is 0. The molecule has 1 amide bonds. The van der Waals surface area contributed by atoms with E-state index in [-0.39, 0.29) is 22.4 Å². The van der Waals surface area contributed by atoms with Gasteiger partial charge in [0.15, 0.2) is 0 Å². The molecule has 156 valence electrons. The maximum Gasteiger partial charge on any atom is 0.262 e. The third-order valence-electron chi connectivity index (χ3n) is 4.99. The Morgan fingerprint density at radius 1 is 1.00 bits per heavy atom. The maximum atomic E-state index is 13.1. The van der Waals surface area contributed by atoms with E-state index in [1.165, 1.54) is 24.4 Å². The molecule has 2 heterocycles. The standard InChI is InChI=1S/C23H14N4O4S/c24-12-14-4-1-2-7-19(14)31-21-11-8-15(13-25-21)27-32(29,30)20-10-9-18-22-16(20)5-3-6-17(22)23(28)26-18/h1-11,13,27H,(H,26,28). The lowest BCUT2D eigenvalue weighted by atomic mass is 10.1. The molecular formula is C23H14N4O4S. The number of nitrogens with one attached hydrogen (secondary N) is 2. The summed E-state index contributed by atoms with van der Waals surface area (Å²) in [7, 11) is -3.96. The fourth-order valence-electron chi connectivity index (χ4n) is 3.57. The molecule has 4 aromatic rings. The van der Waals surface area contributed by atoms with Gasteiger partial charge in [0.1, 0.15) is 11.8 Å². The van der Waals surface area contributed by atoms with Crippen LogP contribution >= 0.6 is 0 Å². The van der Waals surface area contributed by atoms with Crippen molar-refractivity contribution in [3.8, 4) is 17.7 Å². The molecular weight excluding hydrogens is 428 g/mol. The third-order valence-corrected chi connectivity index (χ3v) is 6.43. The maximum absolute atomic E-state index is 13.1. The summed E-state index contributed by atoms with van der Waals surface area (Å²) in [6, 6.07) is 19.8. The van der Waals surface area contributed by atoms with Crippen LogP contribution in [0.15, 0.2) is 77.8 Å². The van der Waals surface area contributed by atoms with E-state index in [9.17, 15) is 13.2 Å². The average molecular weight is 442 g/mol. The van der Waals surface area contributed by atoms with Crippen LogP contribution in [-0.2, 0) is 10.0 Å². The summed E-state index contributed by atoms with van der Waals surface area (Å²) in [5.41, 5.74) is 1.62. The number of anilines is 2. The number of hydrogen-bond acceptors (Lipinski definition) is 6. The van der Waals surface area contributed by atoms with Gasteiger partial charge in [-0.05, 0) is 36.4 Å². The van der Waals surface area contributed by atoms with E-state index in [1.807, 2.05) is 6.07 Å². The molecule has 5 rings (SSSR count). The number of pyridine rings is 1. The lowest BCUT2D eigenvalue weighted by molar-refractivity contribution is 0.103. The van der Waals surface area contributed by atoms with Crippen LogP contribution in [0, 0.1) is 11.3 Å². The van der Waals surface area contributed by atoms with E-state index >= 15 is 0 Å². The second-order valence-electron chi connectivity index (χ2n) is 6.99. The van der Waals surface area contributed by atoms with Crippen LogP contribution < -0.4 is 14.8 Å². The van der Waals surface area contributed by atoms with Crippen molar-refractivity contribution in [1.29, 1.82) is 5.26 Å². The highest BCUT2D eigenvalue weighted by molar-refractivity contribution is 7.93. The number of benzene rings is 3. The molecule has 2 N–H and O–H groups in total. The summed E-state index contributed by atoms with van der Waals surface area (Å²) >= 11 is 0. The lowest BCUT2D eigenvalue weighted by Gasteiger charge is -2.12. The zero-order valence-electron chi connectivity index (χ0n) is 16.4. The van der Waals surface area contributed by atoms with Crippen molar-refractivity contribution in [3.63, 3.8) is 0 Å². The molecule has 0 unspecified atom stereocenters. The van der Waals surface area contributed by atoms with Crippen LogP contribution in [0.2, 0.25) is 0 Å². The number of nitrogens with zero attached hydrogens (tertiary/aromatic N) is 2. The van der Waals surface area contributed by atoms with E-state index in [0.717, 1.165) is 0 Å². The summed E-state index contributed by atoms with van der Waals surface area (Å²) in [5, 5.41) is 12.9. The van der Waals surface area contributed by atoms with Gasteiger partial charge >= 0.3 is 0 Å². The van der Waals surface area contributed by atoms with E-state index in [1.54, 1.807) is 48.5 Å². The molecule has 1 aliphatic heterocycles. The predicted octanol–water partition coefficient (Wildman–Crippen LogP) is 4.27. The number of nitriles is 1. The van der Waals surface area contributed by atoms with Gasteiger partial charge in [0.25, 0.3) is 15.9 Å². The lowest BCUT2D eigenvalue weighted by Crippen LogP contribution is -2.13. The number of carbonyl (C=O) groups excluding carboxylic acids is 1. The van der Waals surface area contributed by atoms with Gasteiger partial charge in [-0.25, -0.2) is 13.4 Å². The number of aromatic nitrogens is 1. The summed E-state index contributed by atoms with van der Waals surface area (Å²) in [6.07, 6.45) is 1.33. The van der Waals surface area contributed by atoms with Crippen LogP contribution in [-0.4, -0.2) is 19.3 Å². The van der Waals surface area contributed by atoms with Gasteiger partial charge in [0, 0.05) is 28.1 Å². The average Bonchev–Trinajstić information content (AvgIpc) is 3.12. The summed E-state index contributed by atoms with van der Waals surface area (Å²) in [4.78, 5) is 16.3. The molecule has 0 spiro atoms. The fourth-order valence-corrected chi connectivity index (χ4v) is 4.82. The van der Waals surface area contributed by atoms with E-state index in [0.29, 0.717) is 33.3 Å². The van der Waals surface area contributed by atoms with Crippen LogP contribution in [0.25, 0.3) is 10.8 Å². The Labute approximate surface area is 183 Å². The highest BCUT2D eigenvalue weighted by Crippen LogP contribution is 2.37. The summed E-state index contributed by atoms with van der Waals surface area (Å²) in [5.74, 6) is 0.309. The van der Waals surface area contributed by atoms with Crippen molar-refractivity contribution >= 4 is 38.1 Å². The largest absolute Gasteiger partial charge is 0.438 e. The first kappa shape index (κ1) is 19.5. The second-order valence-corrected chi connectivity index (χ2v) is 8.64. The Morgan fingerprint density at radius 3 is 2.62 bits per heavy atom. The van der Waals surface area contributed by atoms with Gasteiger partial charge in [-0.2, -0.15) is 5.26 Å². The molecule has 3 aromatic carbocycles. The molecule has 9 heteroatoms. The van der Waals surface area contributed by atoms with Crippen molar-refractivity contribution in [2.24, 2.45) is 0 Å². The molecule has 1 aromatic heterocycles. The number of amides is 1. The Hall–Kier alpha value is -4.42. The highest BCUT2D eigenvalue weighted by atomic mass is 32.2. The highest BCUT2D eigenvalue weighted by Gasteiger charge is 2.26. The Bertz CT molecular complexity index is 1540. The minimum absolute atomic E-state index is 0.0536. The fraction of sp³-hybridized carbons (Fsp3) is 0. The molecule has 0 fully saturated rings. The first-order chi connectivity index (χ1) is 15.5. The van der Waals surface area contributed by atoms with Gasteiger partial charge in [-0.3, -0.25) is 9.52 Å². The first-order valence-corrected chi connectivity index (χ1v) is 11.0. The predicted molar refractivity (Wildman–Crippen MR) is 118 cm³/mol. The molecule has 1 aliphatic rings. The van der Waals surface area contributed by atoms with Crippen molar-refractivity contribution < 1.29 is 17.9 Å². The van der Waals surface area contributed by atoms with E-state index < -0.39 is 10.0 Å².